The Morgan fingerprint density at radius 2 is 1.94 bits per heavy atom. The number of halogens is 1. The van der Waals surface area contributed by atoms with Crippen molar-refractivity contribution in [3.8, 4) is 11.4 Å². The molecule has 174 valence electrons. The normalized spacial score (nSPS) is 13.1. The SMILES string of the molecule is COc1ccc(C(=O)CSc2nc3sc4c(c3c(=O)n2-c2ccc(C)cc2)CCCC4)cc1Br. The van der Waals surface area contributed by atoms with Gasteiger partial charge in [0.25, 0.3) is 5.56 Å². The number of hydrogen-bond acceptors (Lipinski definition) is 6. The molecule has 0 bridgehead atoms. The molecule has 0 aliphatic heterocycles. The Labute approximate surface area is 214 Å². The van der Waals surface area contributed by atoms with Gasteiger partial charge in [0.2, 0.25) is 0 Å². The van der Waals surface area contributed by atoms with E-state index in [4.69, 9.17) is 9.72 Å². The van der Waals surface area contributed by atoms with Crippen LogP contribution in [-0.4, -0.2) is 28.2 Å². The fraction of sp³-hybridized carbons (Fsp3) is 0.269. The van der Waals surface area contributed by atoms with Gasteiger partial charge in [0, 0.05) is 10.4 Å². The van der Waals surface area contributed by atoms with E-state index >= 15 is 0 Å². The summed E-state index contributed by atoms with van der Waals surface area (Å²) in [5.74, 6) is 0.808. The van der Waals surface area contributed by atoms with Crippen molar-refractivity contribution in [1.82, 2.24) is 9.55 Å². The van der Waals surface area contributed by atoms with E-state index in [1.54, 1.807) is 41.2 Å². The lowest BCUT2D eigenvalue weighted by Gasteiger charge is -2.14. The lowest BCUT2D eigenvalue weighted by atomic mass is 9.97. The highest BCUT2D eigenvalue weighted by molar-refractivity contribution is 9.10. The molecule has 1 aliphatic rings. The number of hydrogen-bond donors (Lipinski definition) is 0. The number of ether oxygens (including phenoxy) is 1. The van der Waals surface area contributed by atoms with Crippen LogP contribution in [0.3, 0.4) is 0 Å². The first kappa shape index (κ1) is 23.3. The number of aryl methyl sites for hydroxylation is 3. The highest BCUT2D eigenvalue weighted by atomic mass is 79.9. The van der Waals surface area contributed by atoms with Crippen LogP contribution in [0.4, 0.5) is 0 Å². The molecule has 0 fully saturated rings. The first-order chi connectivity index (χ1) is 16.5. The highest BCUT2D eigenvalue weighted by Crippen LogP contribution is 2.35. The largest absolute Gasteiger partial charge is 0.496 e. The maximum atomic E-state index is 13.8. The minimum atomic E-state index is -0.0459. The van der Waals surface area contributed by atoms with Crippen molar-refractivity contribution in [3.05, 3.63) is 78.9 Å². The lowest BCUT2D eigenvalue weighted by molar-refractivity contribution is 0.102. The molecule has 1 aliphatic carbocycles. The van der Waals surface area contributed by atoms with Crippen LogP contribution in [0, 0.1) is 6.92 Å². The average molecular weight is 556 g/mol. The van der Waals surface area contributed by atoms with Crippen LogP contribution in [-0.2, 0) is 12.8 Å². The average Bonchev–Trinajstić information content (AvgIpc) is 3.22. The zero-order valence-electron chi connectivity index (χ0n) is 18.9. The van der Waals surface area contributed by atoms with Crippen molar-refractivity contribution in [2.45, 2.75) is 37.8 Å². The fourth-order valence-corrected chi connectivity index (χ4v) is 7.01. The maximum absolute atomic E-state index is 13.8. The van der Waals surface area contributed by atoms with E-state index in [1.807, 2.05) is 31.2 Å². The van der Waals surface area contributed by atoms with E-state index in [-0.39, 0.29) is 17.1 Å². The van der Waals surface area contributed by atoms with Crippen molar-refractivity contribution in [1.29, 1.82) is 0 Å². The van der Waals surface area contributed by atoms with Crippen LogP contribution in [0.25, 0.3) is 15.9 Å². The smallest absolute Gasteiger partial charge is 0.267 e. The Kier molecular flexibility index (Phi) is 6.64. The molecule has 34 heavy (non-hydrogen) atoms. The first-order valence-electron chi connectivity index (χ1n) is 11.1. The molecule has 0 saturated carbocycles. The second kappa shape index (κ2) is 9.68. The molecule has 2 aromatic heterocycles. The summed E-state index contributed by atoms with van der Waals surface area (Å²) in [5.41, 5.74) is 3.59. The molecule has 0 radical (unpaired) electrons. The molecule has 0 N–H and O–H groups in total. The van der Waals surface area contributed by atoms with Crippen LogP contribution in [0.1, 0.15) is 39.2 Å². The molecule has 8 heteroatoms. The molecular formula is C26H23BrN2O3S2. The van der Waals surface area contributed by atoms with Gasteiger partial charge in [-0.25, -0.2) is 4.98 Å². The van der Waals surface area contributed by atoms with E-state index in [0.717, 1.165) is 51.6 Å². The first-order valence-corrected chi connectivity index (χ1v) is 13.7. The molecule has 2 aromatic carbocycles. The number of rotatable bonds is 6. The Morgan fingerprint density at radius 3 is 2.68 bits per heavy atom. The number of carbonyl (C=O) groups excluding carboxylic acids is 1. The molecule has 0 saturated heterocycles. The molecule has 5 rings (SSSR count). The fourth-order valence-electron chi connectivity index (χ4n) is 4.26. The number of methoxy groups -OCH3 is 1. The quantitative estimate of drug-likeness (QED) is 0.157. The third-order valence-electron chi connectivity index (χ3n) is 6.06. The van der Waals surface area contributed by atoms with Crippen molar-refractivity contribution in [2.75, 3.05) is 12.9 Å². The van der Waals surface area contributed by atoms with Crippen LogP contribution >= 0.6 is 39.0 Å². The van der Waals surface area contributed by atoms with E-state index in [0.29, 0.717) is 16.5 Å². The lowest BCUT2D eigenvalue weighted by Crippen LogP contribution is -2.22. The summed E-state index contributed by atoms with van der Waals surface area (Å²) in [5, 5.41) is 1.29. The molecule has 4 aromatic rings. The zero-order valence-corrected chi connectivity index (χ0v) is 22.1. The van der Waals surface area contributed by atoms with Gasteiger partial charge in [-0.15, -0.1) is 11.3 Å². The van der Waals surface area contributed by atoms with Crippen LogP contribution in [0.5, 0.6) is 5.75 Å². The van der Waals surface area contributed by atoms with Crippen LogP contribution in [0.15, 0.2) is 56.9 Å². The second-order valence-electron chi connectivity index (χ2n) is 8.32. The number of thiophene rings is 1. The van der Waals surface area contributed by atoms with Gasteiger partial charge >= 0.3 is 0 Å². The predicted octanol–water partition coefficient (Wildman–Crippen LogP) is 6.38. The Morgan fingerprint density at radius 1 is 1.18 bits per heavy atom. The van der Waals surface area contributed by atoms with Crippen molar-refractivity contribution < 1.29 is 9.53 Å². The molecule has 2 heterocycles. The summed E-state index contributed by atoms with van der Waals surface area (Å²) in [6, 6.07) is 13.1. The van der Waals surface area contributed by atoms with E-state index in [9.17, 15) is 9.59 Å². The third-order valence-corrected chi connectivity index (χ3v) is 8.80. The van der Waals surface area contributed by atoms with Gasteiger partial charge in [-0.1, -0.05) is 29.5 Å². The maximum Gasteiger partial charge on any atom is 0.267 e. The number of benzene rings is 2. The molecule has 0 amide bonds. The van der Waals surface area contributed by atoms with Crippen molar-refractivity contribution in [2.24, 2.45) is 0 Å². The highest BCUT2D eigenvalue weighted by Gasteiger charge is 2.23. The minimum absolute atomic E-state index is 0.0383. The number of thioether (sulfide) groups is 1. The summed E-state index contributed by atoms with van der Waals surface area (Å²) in [4.78, 5) is 33.8. The molecule has 0 unspecified atom stereocenters. The summed E-state index contributed by atoms with van der Waals surface area (Å²) in [6.45, 7) is 2.02. The number of aromatic nitrogens is 2. The minimum Gasteiger partial charge on any atom is -0.496 e. The number of Topliss-reactive ketones (excluding diaryl/α,β-unsaturated/α-hetero) is 1. The van der Waals surface area contributed by atoms with Crippen LogP contribution < -0.4 is 10.3 Å². The summed E-state index contributed by atoms with van der Waals surface area (Å²) < 4.78 is 7.66. The Hall–Kier alpha value is -2.42. The van der Waals surface area contributed by atoms with E-state index < -0.39 is 0 Å². The molecule has 0 atom stereocenters. The standard InChI is InChI=1S/C26H23BrN2O3S2/c1-15-7-10-17(11-8-15)29-25(31)23-18-5-3-4-6-22(18)34-24(23)28-26(29)33-14-20(30)16-9-12-21(32-2)19(27)13-16/h7-13H,3-6,14H2,1-2H3. The van der Waals surface area contributed by atoms with E-state index in [1.165, 1.54) is 22.2 Å². The third kappa shape index (κ3) is 4.34. The Bertz CT molecular complexity index is 1460. The monoisotopic (exact) mass is 554 g/mol. The van der Waals surface area contributed by atoms with Gasteiger partial charge in [0.15, 0.2) is 10.9 Å². The number of fused-ring (bicyclic) bond motifs is 3. The molecule has 0 spiro atoms. The van der Waals surface area contributed by atoms with Gasteiger partial charge in [-0.2, -0.15) is 0 Å². The summed E-state index contributed by atoms with van der Waals surface area (Å²) >= 11 is 6.37. The topological polar surface area (TPSA) is 61.2 Å². The van der Waals surface area contributed by atoms with Gasteiger partial charge in [0.1, 0.15) is 10.6 Å². The molecule has 5 nitrogen and oxygen atoms in total. The number of carbonyl (C=O) groups is 1. The van der Waals surface area contributed by atoms with Gasteiger partial charge in [-0.3, -0.25) is 14.2 Å². The van der Waals surface area contributed by atoms with E-state index in [2.05, 4.69) is 15.9 Å². The van der Waals surface area contributed by atoms with Crippen molar-refractivity contribution >= 4 is 55.0 Å². The van der Waals surface area contributed by atoms with Gasteiger partial charge < -0.3 is 4.74 Å². The summed E-state index contributed by atoms with van der Waals surface area (Å²) in [7, 11) is 1.59. The number of ketones is 1. The second-order valence-corrected chi connectivity index (χ2v) is 11.2. The predicted molar refractivity (Wildman–Crippen MR) is 142 cm³/mol. The molecular weight excluding hydrogens is 532 g/mol. The van der Waals surface area contributed by atoms with Crippen molar-refractivity contribution in [3.63, 3.8) is 0 Å². The van der Waals surface area contributed by atoms with Crippen LogP contribution in [0.2, 0.25) is 0 Å². The summed E-state index contributed by atoms with van der Waals surface area (Å²) in [6.07, 6.45) is 4.19. The Balaban J connectivity index is 1.56. The zero-order chi connectivity index (χ0) is 23.8. The number of nitrogens with zero attached hydrogens (tertiary/aromatic N) is 2. The van der Waals surface area contributed by atoms with Gasteiger partial charge in [-0.05, 0) is 84.4 Å². The van der Waals surface area contributed by atoms with Gasteiger partial charge in [0.05, 0.1) is 28.4 Å².